The molecule has 0 saturated heterocycles. The van der Waals surface area contributed by atoms with Gasteiger partial charge in [-0.25, -0.2) is 0 Å². The van der Waals surface area contributed by atoms with Gasteiger partial charge in [0.1, 0.15) is 5.78 Å². The van der Waals surface area contributed by atoms with Crippen LogP contribution in [-0.2, 0) is 19.2 Å². The Morgan fingerprint density at radius 1 is 0.833 bits per heavy atom. The summed E-state index contributed by atoms with van der Waals surface area (Å²) in [7, 11) is 0. The molecule has 24 heavy (non-hydrogen) atoms. The van der Waals surface area contributed by atoms with Gasteiger partial charge in [0.05, 0.1) is 6.04 Å². The first kappa shape index (κ1) is 22.3. The molecule has 138 valence electrons. The van der Waals surface area contributed by atoms with Crippen LogP contribution in [0.3, 0.4) is 0 Å². The average molecular weight is 340 g/mol. The Morgan fingerprint density at radius 2 is 1.42 bits per heavy atom. The molecule has 2 amide bonds. The van der Waals surface area contributed by atoms with E-state index >= 15 is 0 Å². The molecular weight excluding hydrogens is 308 g/mol. The van der Waals surface area contributed by atoms with Crippen LogP contribution in [0.1, 0.15) is 60.8 Å². The fourth-order valence-electron chi connectivity index (χ4n) is 2.30. The molecule has 0 aromatic heterocycles. The van der Waals surface area contributed by atoms with E-state index in [1.54, 1.807) is 13.8 Å². The number of carbonyl (C=O) groups excluding carboxylic acids is 4. The van der Waals surface area contributed by atoms with E-state index in [0.717, 1.165) is 0 Å². The maximum absolute atomic E-state index is 12.1. The molecule has 0 unspecified atom stereocenters. The number of hydrogen-bond donors (Lipinski definition) is 2. The lowest BCUT2D eigenvalue weighted by Gasteiger charge is -2.17. The van der Waals surface area contributed by atoms with Crippen molar-refractivity contribution in [2.45, 2.75) is 66.8 Å². The van der Waals surface area contributed by atoms with Gasteiger partial charge < -0.3 is 10.6 Å². The summed E-state index contributed by atoms with van der Waals surface area (Å²) in [5.41, 5.74) is 0. The van der Waals surface area contributed by atoms with Crippen LogP contribution in [0.15, 0.2) is 0 Å². The third-order valence-electron chi connectivity index (χ3n) is 3.69. The molecule has 0 saturated carbocycles. The Kier molecular flexibility index (Phi) is 10.2. The molecule has 0 fully saturated rings. The van der Waals surface area contributed by atoms with E-state index in [9.17, 15) is 19.2 Å². The van der Waals surface area contributed by atoms with Crippen molar-refractivity contribution >= 4 is 23.4 Å². The smallest absolute Gasteiger partial charge is 0.222 e. The van der Waals surface area contributed by atoms with Crippen LogP contribution < -0.4 is 10.6 Å². The Bertz CT molecular complexity index is 458. The van der Waals surface area contributed by atoms with E-state index in [1.807, 2.05) is 27.7 Å². The van der Waals surface area contributed by atoms with Crippen LogP contribution >= 0.6 is 0 Å². The number of amides is 2. The number of ketones is 2. The molecule has 0 spiro atoms. The minimum absolute atomic E-state index is 0.0507. The molecule has 0 aromatic carbocycles. The zero-order chi connectivity index (χ0) is 18.9. The van der Waals surface area contributed by atoms with E-state index < -0.39 is 6.04 Å². The van der Waals surface area contributed by atoms with Gasteiger partial charge in [0.15, 0.2) is 5.78 Å². The van der Waals surface area contributed by atoms with Crippen molar-refractivity contribution in [3.05, 3.63) is 0 Å². The molecule has 0 aliphatic carbocycles. The van der Waals surface area contributed by atoms with Gasteiger partial charge in [0.25, 0.3) is 0 Å². The minimum Gasteiger partial charge on any atom is -0.356 e. The largest absolute Gasteiger partial charge is 0.356 e. The average Bonchev–Trinajstić information content (AvgIpc) is 2.44. The van der Waals surface area contributed by atoms with Crippen molar-refractivity contribution < 1.29 is 19.2 Å². The van der Waals surface area contributed by atoms with E-state index in [-0.39, 0.29) is 60.5 Å². The molecule has 2 atom stereocenters. The lowest BCUT2D eigenvalue weighted by atomic mass is 9.91. The highest BCUT2D eigenvalue weighted by atomic mass is 16.2. The Hall–Kier alpha value is -1.72. The summed E-state index contributed by atoms with van der Waals surface area (Å²) in [5.74, 6) is -0.652. The van der Waals surface area contributed by atoms with Crippen LogP contribution in [0.4, 0.5) is 0 Å². The van der Waals surface area contributed by atoms with Gasteiger partial charge in [-0.15, -0.1) is 0 Å². The summed E-state index contributed by atoms with van der Waals surface area (Å²) in [6, 6.07) is -0.633. The Morgan fingerprint density at radius 3 is 1.92 bits per heavy atom. The van der Waals surface area contributed by atoms with Gasteiger partial charge in [-0.3, -0.25) is 19.2 Å². The standard InChI is InChI=1S/C18H32N2O4/c1-11(2)9-17(23)19-8-7-16(22)20-14(6)15(21)10-13(5)18(24)12(3)4/h11-14H,7-10H2,1-6H3,(H,19,23)(H,20,22)/t13-,14+/m1/s1. The number of Topliss-reactive ketones (excluding diaryl/α,β-unsaturated/α-hetero) is 2. The lowest BCUT2D eigenvalue weighted by Crippen LogP contribution is -2.41. The molecule has 6 heteroatoms. The molecule has 6 nitrogen and oxygen atoms in total. The van der Waals surface area contributed by atoms with Crippen molar-refractivity contribution in [3.8, 4) is 0 Å². The Labute approximate surface area is 145 Å². The van der Waals surface area contributed by atoms with E-state index in [0.29, 0.717) is 6.42 Å². The SMILES string of the molecule is CC(C)CC(=O)NCCC(=O)N[C@@H](C)C(=O)C[C@@H](C)C(=O)C(C)C. The number of rotatable bonds is 11. The lowest BCUT2D eigenvalue weighted by molar-refractivity contribution is -0.131. The molecule has 0 radical (unpaired) electrons. The fraction of sp³-hybridized carbons (Fsp3) is 0.778. The second kappa shape index (κ2) is 10.9. The first-order chi connectivity index (χ1) is 11.0. The zero-order valence-corrected chi connectivity index (χ0v) is 15.8. The van der Waals surface area contributed by atoms with Crippen LogP contribution in [0, 0.1) is 17.8 Å². The monoisotopic (exact) mass is 340 g/mol. The van der Waals surface area contributed by atoms with Gasteiger partial charge in [-0.2, -0.15) is 0 Å². The van der Waals surface area contributed by atoms with Gasteiger partial charge in [0.2, 0.25) is 11.8 Å². The molecular formula is C18H32N2O4. The Balaban J connectivity index is 4.15. The van der Waals surface area contributed by atoms with Crippen LogP contribution in [0.5, 0.6) is 0 Å². The first-order valence-corrected chi connectivity index (χ1v) is 8.67. The van der Waals surface area contributed by atoms with Crippen LogP contribution in [0.25, 0.3) is 0 Å². The quantitative estimate of drug-likeness (QED) is 0.600. The highest BCUT2D eigenvalue weighted by molar-refractivity contribution is 5.93. The van der Waals surface area contributed by atoms with Gasteiger partial charge in [0, 0.05) is 37.6 Å². The summed E-state index contributed by atoms with van der Waals surface area (Å²) < 4.78 is 0. The van der Waals surface area contributed by atoms with Crippen LogP contribution in [-0.4, -0.2) is 36.0 Å². The second-order valence-corrected chi connectivity index (χ2v) is 7.12. The van der Waals surface area contributed by atoms with Crippen molar-refractivity contribution in [1.82, 2.24) is 10.6 Å². The van der Waals surface area contributed by atoms with Crippen molar-refractivity contribution in [1.29, 1.82) is 0 Å². The van der Waals surface area contributed by atoms with Gasteiger partial charge >= 0.3 is 0 Å². The highest BCUT2D eigenvalue weighted by Crippen LogP contribution is 2.12. The molecule has 0 aliphatic rings. The van der Waals surface area contributed by atoms with Crippen molar-refractivity contribution in [3.63, 3.8) is 0 Å². The number of nitrogens with one attached hydrogen (secondary N) is 2. The summed E-state index contributed by atoms with van der Waals surface area (Å²) in [6.45, 7) is 11.1. The zero-order valence-electron chi connectivity index (χ0n) is 15.8. The van der Waals surface area contributed by atoms with Gasteiger partial charge in [-0.1, -0.05) is 34.6 Å². The maximum Gasteiger partial charge on any atom is 0.222 e. The van der Waals surface area contributed by atoms with E-state index in [4.69, 9.17) is 0 Å². The minimum atomic E-state index is -0.633. The maximum atomic E-state index is 12.1. The molecule has 2 N–H and O–H groups in total. The van der Waals surface area contributed by atoms with Crippen molar-refractivity contribution in [2.75, 3.05) is 6.54 Å². The van der Waals surface area contributed by atoms with E-state index in [2.05, 4.69) is 10.6 Å². The summed E-state index contributed by atoms with van der Waals surface area (Å²) in [6.07, 6.45) is 0.684. The third-order valence-corrected chi connectivity index (χ3v) is 3.69. The molecule has 0 aromatic rings. The first-order valence-electron chi connectivity index (χ1n) is 8.67. The predicted octanol–water partition coefficient (Wildman–Crippen LogP) is 1.86. The summed E-state index contributed by atoms with van der Waals surface area (Å²) in [4.78, 5) is 47.2. The van der Waals surface area contributed by atoms with Crippen molar-refractivity contribution in [2.24, 2.45) is 17.8 Å². The third kappa shape index (κ3) is 9.43. The highest BCUT2D eigenvalue weighted by Gasteiger charge is 2.23. The normalized spacial score (nSPS) is 13.5. The summed E-state index contributed by atoms with van der Waals surface area (Å²) >= 11 is 0. The fourth-order valence-corrected chi connectivity index (χ4v) is 2.30. The molecule has 0 bridgehead atoms. The molecule has 0 heterocycles. The van der Waals surface area contributed by atoms with Gasteiger partial charge in [-0.05, 0) is 12.8 Å². The molecule has 0 rings (SSSR count). The number of hydrogen-bond acceptors (Lipinski definition) is 4. The predicted molar refractivity (Wildman–Crippen MR) is 93.3 cm³/mol. The topological polar surface area (TPSA) is 92.3 Å². The summed E-state index contributed by atoms with van der Waals surface area (Å²) in [5, 5.41) is 5.29. The van der Waals surface area contributed by atoms with E-state index in [1.165, 1.54) is 0 Å². The second-order valence-electron chi connectivity index (χ2n) is 7.12. The molecule has 0 aliphatic heterocycles. The van der Waals surface area contributed by atoms with Crippen LogP contribution in [0.2, 0.25) is 0 Å². The number of carbonyl (C=O) groups is 4.